The second-order valence-electron chi connectivity index (χ2n) is 3.71. The Morgan fingerprint density at radius 1 is 1.16 bits per heavy atom. The molecule has 3 nitrogen and oxygen atoms in total. The largest absolute Gasteiger partial charge is 0.493 e. The van der Waals surface area contributed by atoms with Gasteiger partial charge in [0.15, 0.2) is 0 Å². The highest BCUT2D eigenvalue weighted by Crippen LogP contribution is 2.18. The predicted octanol–water partition coefficient (Wildman–Crippen LogP) is 3.62. The molecule has 0 spiro atoms. The van der Waals surface area contributed by atoms with Gasteiger partial charge in [-0.1, -0.05) is 0 Å². The van der Waals surface area contributed by atoms with E-state index in [0.717, 1.165) is 6.07 Å². The number of carbonyl (C=O) groups is 1. The average molecular weight is 309 g/mol. The molecule has 0 unspecified atom stereocenters. The number of alkyl halides is 2. The summed E-state index contributed by atoms with van der Waals surface area (Å²) in [5.74, 6) is -0.134. The number of rotatable bonds is 8. The monoisotopic (exact) mass is 308 g/mol. The third kappa shape index (κ3) is 5.66. The highest BCUT2D eigenvalue weighted by atomic mass is 35.5. The van der Waals surface area contributed by atoms with Gasteiger partial charge in [0.05, 0.1) is 18.8 Å². The van der Waals surface area contributed by atoms with Crippen LogP contribution in [0.15, 0.2) is 18.2 Å². The van der Waals surface area contributed by atoms with Crippen LogP contribution in [-0.4, -0.2) is 30.9 Å². The molecule has 0 aliphatic carbocycles. The summed E-state index contributed by atoms with van der Waals surface area (Å²) >= 11 is 11.0. The second-order valence-corrected chi connectivity index (χ2v) is 4.47. The van der Waals surface area contributed by atoms with Gasteiger partial charge in [-0.3, -0.25) is 0 Å². The molecule has 1 rings (SSSR count). The molecule has 106 valence electrons. The molecule has 0 radical (unpaired) electrons. The van der Waals surface area contributed by atoms with Gasteiger partial charge in [0.2, 0.25) is 0 Å². The summed E-state index contributed by atoms with van der Waals surface area (Å²) in [4.78, 5) is 11.5. The molecule has 0 fully saturated rings. The lowest BCUT2D eigenvalue weighted by atomic mass is 10.2. The van der Waals surface area contributed by atoms with Gasteiger partial charge in [0.25, 0.3) is 0 Å². The van der Waals surface area contributed by atoms with Crippen molar-refractivity contribution in [2.45, 2.75) is 12.8 Å². The lowest BCUT2D eigenvalue weighted by Gasteiger charge is -2.08. The Hall–Kier alpha value is -1.00. The van der Waals surface area contributed by atoms with Crippen LogP contribution in [0.3, 0.4) is 0 Å². The second kappa shape index (κ2) is 8.99. The van der Waals surface area contributed by atoms with Crippen LogP contribution in [0, 0.1) is 5.82 Å². The molecule has 6 heteroatoms. The zero-order valence-corrected chi connectivity index (χ0v) is 11.8. The van der Waals surface area contributed by atoms with Crippen molar-refractivity contribution >= 4 is 29.2 Å². The van der Waals surface area contributed by atoms with Crippen LogP contribution in [0.2, 0.25) is 0 Å². The molecule has 0 aromatic heterocycles. The Morgan fingerprint density at radius 2 is 1.84 bits per heavy atom. The zero-order chi connectivity index (χ0) is 14.1. The van der Waals surface area contributed by atoms with Crippen LogP contribution in [0.5, 0.6) is 5.75 Å². The van der Waals surface area contributed by atoms with Gasteiger partial charge >= 0.3 is 5.97 Å². The van der Waals surface area contributed by atoms with Crippen LogP contribution in [-0.2, 0) is 4.74 Å². The van der Waals surface area contributed by atoms with Crippen molar-refractivity contribution in [3.8, 4) is 5.75 Å². The van der Waals surface area contributed by atoms with Gasteiger partial charge in [-0.2, -0.15) is 0 Å². The molecule has 0 saturated heterocycles. The maximum absolute atomic E-state index is 13.7. The highest BCUT2D eigenvalue weighted by Gasteiger charge is 2.13. The molecule has 0 bridgehead atoms. The molecule has 0 saturated carbocycles. The summed E-state index contributed by atoms with van der Waals surface area (Å²) in [6, 6.07) is 4.02. The third-order valence-corrected chi connectivity index (χ3v) is 2.75. The Balaban J connectivity index is 2.58. The van der Waals surface area contributed by atoms with E-state index in [2.05, 4.69) is 0 Å². The van der Waals surface area contributed by atoms with E-state index < -0.39 is 11.8 Å². The van der Waals surface area contributed by atoms with E-state index in [1.165, 1.54) is 12.1 Å². The lowest BCUT2D eigenvalue weighted by molar-refractivity contribution is 0.0500. The molecule has 0 amide bonds. The normalized spacial score (nSPS) is 10.3. The number of ether oxygens (including phenoxy) is 2. The maximum atomic E-state index is 13.7. The van der Waals surface area contributed by atoms with Crippen molar-refractivity contribution < 1.29 is 18.7 Å². The first-order chi connectivity index (χ1) is 9.19. The number of halogens is 3. The van der Waals surface area contributed by atoms with Crippen molar-refractivity contribution in [2.24, 2.45) is 0 Å². The minimum absolute atomic E-state index is 0.112. The van der Waals surface area contributed by atoms with E-state index in [4.69, 9.17) is 32.7 Å². The summed E-state index contributed by atoms with van der Waals surface area (Å²) in [7, 11) is 0. The molecular weight excluding hydrogens is 294 g/mol. The number of carbonyl (C=O) groups excluding carboxylic acids is 1. The smallest absolute Gasteiger partial charge is 0.341 e. The van der Waals surface area contributed by atoms with Crippen molar-refractivity contribution in [3.63, 3.8) is 0 Å². The third-order valence-electron chi connectivity index (χ3n) is 2.22. The molecule has 0 N–H and O–H groups in total. The lowest BCUT2D eigenvalue weighted by Crippen LogP contribution is -2.09. The van der Waals surface area contributed by atoms with E-state index in [9.17, 15) is 9.18 Å². The van der Waals surface area contributed by atoms with Gasteiger partial charge in [0, 0.05) is 17.8 Å². The molecule has 0 aliphatic rings. The van der Waals surface area contributed by atoms with Gasteiger partial charge in [0.1, 0.15) is 11.6 Å². The van der Waals surface area contributed by atoms with Crippen LogP contribution < -0.4 is 4.74 Å². The average Bonchev–Trinajstić information content (AvgIpc) is 2.39. The summed E-state index contributed by atoms with van der Waals surface area (Å²) < 4.78 is 23.8. The van der Waals surface area contributed by atoms with Crippen LogP contribution in [0.1, 0.15) is 23.2 Å². The van der Waals surface area contributed by atoms with Crippen LogP contribution >= 0.6 is 23.2 Å². The minimum atomic E-state index is -0.699. The first-order valence-corrected chi connectivity index (χ1v) is 6.97. The van der Waals surface area contributed by atoms with E-state index in [-0.39, 0.29) is 12.2 Å². The molecule has 0 aliphatic heterocycles. The number of hydrogen-bond acceptors (Lipinski definition) is 3. The molecular formula is C13H15Cl2FO3. The van der Waals surface area contributed by atoms with E-state index in [0.29, 0.717) is 37.0 Å². The summed E-state index contributed by atoms with van der Waals surface area (Å²) in [5, 5.41) is 0. The van der Waals surface area contributed by atoms with Crippen molar-refractivity contribution in [2.75, 3.05) is 25.0 Å². The van der Waals surface area contributed by atoms with Gasteiger partial charge < -0.3 is 9.47 Å². The first-order valence-electron chi connectivity index (χ1n) is 5.90. The first kappa shape index (κ1) is 16.1. The van der Waals surface area contributed by atoms with Crippen molar-refractivity contribution in [3.05, 3.63) is 29.6 Å². The number of benzene rings is 1. The fourth-order valence-corrected chi connectivity index (χ4v) is 1.51. The van der Waals surface area contributed by atoms with E-state index >= 15 is 0 Å². The van der Waals surface area contributed by atoms with Gasteiger partial charge in [-0.25, -0.2) is 9.18 Å². The molecule has 1 aromatic rings. The minimum Gasteiger partial charge on any atom is -0.493 e. The van der Waals surface area contributed by atoms with Crippen LogP contribution in [0.4, 0.5) is 4.39 Å². The maximum Gasteiger partial charge on any atom is 0.341 e. The summed E-state index contributed by atoms with van der Waals surface area (Å²) in [6.07, 6.45) is 1.21. The van der Waals surface area contributed by atoms with Gasteiger partial charge in [-0.05, 0) is 25.0 Å². The van der Waals surface area contributed by atoms with E-state index in [1.807, 2.05) is 0 Å². The Labute approximate surface area is 121 Å². The SMILES string of the molecule is O=C(OCCCCl)c1ccc(OCCCCl)cc1F. The quantitative estimate of drug-likeness (QED) is 0.418. The molecule has 1 aromatic carbocycles. The predicted molar refractivity (Wildman–Crippen MR) is 72.9 cm³/mol. The zero-order valence-electron chi connectivity index (χ0n) is 10.3. The standard InChI is InChI=1S/C13H15Cl2FO3/c14-5-1-7-18-10-3-4-11(12(16)9-10)13(17)19-8-2-6-15/h3-4,9H,1-2,5-8H2. The fraction of sp³-hybridized carbons (Fsp3) is 0.462. The van der Waals surface area contributed by atoms with Crippen LogP contribution in [0.25, 0.3) is 0 Å². The molecule has 19 heavy (non-hydrogen) atoms. The molecule has 0 heterocycles. The Morgan fingerprint density at radius 3 is 2.47 bits per heavy atom. The Bertz CT molecular complexity index is 413. The van der Waals surface area contributed by atoms with E-state index in [1.54, 1.807) is 0 Å². The number of hydrogen-bond donors (Lipinski definition) is 0. The topological polar surface area (TPSA) is 35.5 Å². The summed E-state index contributed by atoms with van der Waals surface area (Å²) in [6.45, 7) is 0.582. The fourth-order valence-electron chi connectivity index (χ4n) is 1.29. The highest BCUT2D eigenvalue weighted by molar-refractivity contribution is 6.18. The molecule has 0 atom stereocenters. The summed E-state index contributed by atoms with van der Waals surface area (Å²) in [5.41, 5.74) is -0.112. The van der Waals surface area contributed by atoms with Gasteiger partial charge in [-0.15, -0.1) is 23.2 Å². The number of esters is 1. The Kier molecular flexibility index (Phi) is 7.60. The van der Waals surface area contributed by atoms with Crippen molar-refractivity contribution in [1.29, 1.82) is 0 Å². The van der Waals surface area contributed by atoms with Crippen molar-refractivity contribution in [1.82, 2.24) is 0 Å².